The monoisotopic (exact) mass is 786 g/mol. The zero-order valence-corrected chi connectivity index (χ0v) is 26.4. The minimum Gasteiger partial charge on any atom is -0.486 e. The van der Waals surface area contributed by atoms with Crippen molar-refractivity contribution >= 4 is 32.8 Å². The van der Waals surface area contributed by atoms with Gasteiger partial charge in [-0.15, -0.1) is 54.1 Å². The van der Waals surface area contributed by atoms with Crippen LogP contribution in [0.5, 0.6) is 0 Å². The quantitative estimate of drug-likeness (QED) is 0.167. The predicted octanol–water partition coefficient (Wildman–Crippen LogP) is 10.4. The van der Waals surface area contributed by atoms with Crippen LogP contribution in [0, 0.1) is 39.5 Å². The second-order valence-electron chi connectivity index (χ2n) is 10.3. The van der Waals surface area contributed by atoms with E-state index in [1.807, 2.05) is 24.3 Å². The van der Waals surface area contributed by atoms with Gasteiger partial charge in [-0.3, -0.25) is 0 Å². The zero-order chi connectivity index (χ0) is 40.9. The van der Waals surface area contributed by atoms with E-state index in [1.54, 1.807) is 72.8 Å². The molecule has 5 heteroatoms. The molecule has 0 fully saturated rings. The van der Waals surface area contributed by atoms with Crippen LogP contribution >= 0.6 is 0 Å². The summed E-state index contributed by atoms with van der Waals surface area (Å²) in [7, 11) is 0. The van der Waals surface area contributed by atoms with Crippen molar-refractivity contribution < 1.29 is 41.0 Å². The largest absolute Gasteiger partial charge is 0.486 e. The Morgan fingerprint density at radius 3 is 2.39 bits per heavy atom. The van der Waals surface area contributed by atoms with E-state index in [0.717, 1.165) is 16.6 Å². The molecule has 8 aromatic rings. The van der Waals surface area contributed by atoms with Crippen LogP contribution < -0.4 is 0 Å². The van der Waals surface area contributed by atoms with Crippen LogP contribution in [0.2, 0.25) is 0 Å². The van der Waals surface area contributed by atoms with Gasteiger partial charge >= 0.3 is 0 Å². The first-order valence-electron chi connectivity index (χ1n) is 20.0. The molecule has 0 saturated heterocycles. The van der Waals surface area contributed by atoms with E-state index in [-0.39, 0.29) is 59.3 Å². The summed E-state index contributed by atoms with van der Waals surface area (Å²) < 4.78 is 100. The number of nitrogens with zero attached hydrogens (tertiary/aromatic N) is 3. The molecule has 0 N–H and O–H groups in total. The van der Waals surface area contributed by atoms with Gasteiger partial charge in [0.05, 0.1) is 5.58 Å². The summed E-state index contributed by atoms with van der Waals surface area (Å²) in [5, 5.41) is 2.47. The zero-order valence-electron chi connectivity index (χ0n) is 36.1. The number of rotatable bonds is 3. The molecule has 0 spiro atoms. The Labute approximate surface area is 299 Å². The first kappa shape index (κ1) is 19.5. The van der Waals surface area contributed by atoms with Crippen molar-refractivity contribution in [1.82, 2.24) is 15.0 Å². The predicted molar refractivity (Wildman–Crippen MR) is 184 cm³/mol. The molecule has 0 unspecified atom stereocenters. The summed E-state index contributed by atoms with van der Waals surface area (Å²) in [4.78, 5) is 12.8. The van der Waals surface area contributed by atoms with E-state index in [0.29, 0.717) is 33.0 Å². The molecule has 4 aromatic heterocycles. The summed E-state index contributed by atoms with van der Waals surface area (Å²) in [5.74, 6) is 0. The Morgan fingerprint density at radius 2 is 1.59 bits per heavy atom. The smallest absolute Gasteiger partial charge is 0.216 e. The maximum Gasteiger partial charge on any atom is 0.216 e. The minimum absolute atomic E-state index is 0. The number of aryl methyl sites for hydroxylation is 4. The van der Waals surface area contributed by atoms with Gasteiger partial charge in [0, 0.05) is 60.0 Å². The molecule has 4 nitrogen and oxygen atoms in total. The normalized spacial score (nSPS) is 15.8. The van der Waals surface area contributed by atoms with E-state index in [9.17, 15) is 0 Å². The Kier molecular flexibility index (Phi) is 5.60. The van der Waals surface area contributed by atoms with Gasteiger partial charge in [-0.1, -0.05) is 65.5 Å². The van der Waals surface area contributed by atoms with Gasteiger partial charge in [-0.05, 0) is 89.5 Å². The average Bonchev–Trinajstić information content (AvgIpc) is 3.55. The molecule has 4 heterocycles. The van der Waals surface area contributed by atoms with Gasteiger partial charge in [0.25, 0.3) is 0 Å². The summed E-state index contributed by atoms with van der Waals surface area (Å²) in [6.07, 6.45) is 2.62. The molecule has 0 aliphatic rings. The second-order valence-corrected chi connectivity index (χ2v) is 10.3. The molecular weight excluding hydrogens is 743 g/mol. The van der Waals surface area contributed by atoms with Crippen LogP contribution in [0.15, 0.2) is 120 Å². The van der Waals surface area contributed by atoms with Crippen LogP contribution in [0.1, 0.15) is 38.8 Å². The fourth-order valence-electron chi connectivity index (χ4n) is 5.23. The second kappa shape index (κ2) is 13.2. The fraction of sp³-hybridized carbons (Fsp3) is 0.0976. The Morgan fingerprint density at radius 1 is 0.674 bits per heavy atom. The molecule has 1 radical (unpaired) electrons. The maximum absolute atomic E-state index is 8.33. The molecule has 8 rings (SSSR count). The number of hydrogen-bond acceptors (Lipinski definition) is 4. The molecule has 4 aromatic carbocycles. The summed E-state index contributed by atoms with van der Waals surface area (Å²) >= 11 is 0. The van der Waals surface area contributed by atoms with Crippen molar-refractivity contribution in [3.8, 4) is 33.6 Å². The van der Waals surface area contributed by atoms with Crippen molar-refractivity contribution in [3.63, 3.8) is 0 Å². The van der Waals surface area contributed by atoms with Crippen LogP contribution in [0.4, 0.5) is 0 Å². The standard InChI is InChI=1S/C29H21N2O.C12H10N.Ir/c1-17-16-30-27(15-26(17)22-14-12-20-7-4-5-8-21(20)19(22)3)25-10-6-9-23-24-13-11-18(2)31-29(24)32-28(23)25;1-10-7-8-12(13-9-10)11-5-3-2-4-6-11;/h4-9,11-16H,1-3H3;2-5,7-9H,1H3;/q2*-1;/i1D3,2D3,3D3;1D3;. The van der Waals surface area contributed by atoms with E-state index in [2.05, 4.69) is 27.1 Å². The Bertz CT molecular complexity index is 2740. The number of fused-ring (bicyclic) bond motifs is 4. The molecule has 227 valence electrons. The molecule has 0 aliphatic carbocycles. The number of furan rings is 1. The third kappa shape index (κ3) is 6.00. The van der Waals surface area contributed by atoms with Crippen molar-refractivity contribution in [3.05, 3.63) is 150 Å². The van der Waals surface area contributed by atoms with E-state index in [1.165, 1.54) is 18.5 Å². The van der Waals surface area contributed by atoms with Crippen molar-refractivity contribution in [2.45, 2.75) is 27.4 Å². The van der Waals surface area contributed by atoms with Gasteiger partial charge in [0.2, 0.25) is 5.71 Å². The number of hydrogen-bond donors (Lipinski definition) is 0. The summed E-state index contributed by atoms with van der Waals surface area (Å²) in [6.45, 7) is -9.62. The average molecular weight is 786 g/mol. The molecule has 0 saturated carbocycles. The minimum atomic E-state index is -2.58. The first-order valence-corrected chi connectivity index (χ1v) is 14.0. The van der Waals surface area contributed by atoms with Gasteiger partial charge in [0.15, 0.2) is 0 Å². The van der Waals surface area contributed by atoms with Crippen molar-refractivity contribution in [2.75, 3.05) is 0 Å². The third-order valence-electron chi connectivity index (χ3n) is 7.43. The van der Waals surface area contributed by atoms with Crippen LogP contribution in [-0.2, 0) is 20.1 Å². The summed E-state index contributed by atoms with van der Waals surface area (Å²) in [6, 6.07) is 35.4. The van der Waals surface area contributed by atoms with E-state index >= 15 is 0 Å². The van der Waals surface area contributed by atoms with Gasteiger partial charge in [-0.25, -0.2) is 4.98 Å². The molecule has 0 bridgehead atoms. The number of benzene rings is 4. The van der Waals surface area contributed by atoms with Gasteiger partial charge in [0.1, 0.15) is 0 Å². The van der Waals surface area contributed by atoms with Crippen LogP contribution in [-0.4, -0.2) is 15.0 Å². The third-order valence-corrected chi connectivity index (χ3v) is 7.43. The summed E-state index contributed by atoms with van der Waals surface area (Å²) in [5.41, 5.74) is 3.33. The molecular formula is C41H31IrN3O-2. The Hall–Kier alpha value is -4.96. The van der Waals surface area contributed by atoms with Crippen molar-refractivity contribution in [2.24, 2.45) is 0 Å². The van der Waals surface area contributed by atoms with Gasteiger partial charge < -0.3 is 14.4 Å². The van der Waals surface area contributed by atoms with Crippen LogP contribution in [0.3, 0.4) is 0 Å². The van der Waals surface area contributed by atoms with E-state index < -0.39 is 27.4 Å². The fourth-order valence-corrected chi connectivity index (χ4v) is 5.23. The molecule has 0 atom stereocenters. The number of pyridine rings is 3. The van der Waals surface area contributed by atoms with Crippen LogP contribution in [0.25, 0.3) is 66.5 Å². The SMILES string of the molecule is [2H]C([2H])([2H])c1ccc(-c2[c-]cccc2)nc1.[2H]C([2H])([2H])c1ccc2c(n1)oc1c(-c3cc(-c4ccc5ccccc5c4C([2H])([2H])[2H])c(C([2H])([2H])[2H])cn3)[c-]ccc12.[Ir]. The van der Waals surface area contributed by atoms with Crippen molar-refractivity contribution in [1.29, 1.82) is 0 Å². The molecule has 46 heavy (non-hydrogen) atoms. The topological polar surface area (TPSA) is 51.8 Å². The molecule has 0 amide bonds. The Balaban J connectivity index is 0.000000280. The van der Waals surface area contributed by atoms with Gasteiger partial charge in [-0.2, -0.15) is 0 Å². The molecule has 0 aliphatic heterocycles. The van der Waals surface area contributed by atoms with E-state index in [4.69, 9.17) is 20.9 Å². The number of aromatic nitrogens is 3. The maximum atomic E-state index is 8.33. The first-order chi connectivity index (χ1) is 26.8.